The number of hydrogen-bond donors (Lipinski definition) is 4. The van der Waals surface area contributed by atoms with Crippen molar-refractivity contribution in [3.05, 3.63) is 41.0 Å². The van der Waals surface area contributed by atoms with Gasteiger partial charge in [-0.05, 0) is 31.9 Å². The number of methoxy groups -OCH3 is 1. The summed E-state index contributed by atoms with van der Waals surface area (Å²) in [4.78, 5) is 56.6. The zero-order chi connectivity index (χ0) is 30.9. The average molecular weight is 568 g/mol. The molecule has 3 aromatic rings. The normalized spacial score (nSPS) is 18.1. The number of aromatic nitrogens is 3. The molecule has 1 aliphatic carbocycles. The number of benzene rings is 1. The molecule has 14 heteroatoms. The number of ether oxygens (including phenoxy) is 1. The predicted molar refractivity (Wildman–Crippen MR) is 148 cm³/mol. The number of para-hydroxylation sites is 1. The second-order valence-corrected chi connectivity index (χ2v) is 10.2. The minimum Gasteiger partial charge on any atom is -0.494 e. The fourth-order valence-corrected chi connectivity index (χ4v) is 5.11. The van der Waals surface area contributed by atoms with Gasteiger partial charge in [0.2, 0.25) is 11.8 Å². The molecule has 1 saturated heterocycles. The number of carbonyl (C=O) groups is 4. The van der Waals surface area contributed by atoms with Crippen LogP contribution < -0.4 is 26.0 Å². The van der Waals surface area contributed by atoms with E-state index in [-0.39, 0.29) is 40.8 Å². The van der Waals surface area contributed by atoms with E-state index in [1.54, 1.807) is 25.1 Å². The van der Waals surface area contributed by atoms with Crippen LogP contribution in [0, 0.1) is 5.92 Å². The van der Waals surface area contributed by atoms with E-state index in [4.69, 9.17) is 8.85 Å². The van der Waals surface area contributed by atoms with Crippen molar-refractivity contribution >= 4 is 52.2 Å². The Kier molecular flexibility index (Phi) is 6.56. The maximum absolute atomic E-state index is 13.2. The lowest BCUT2D eigenvalue weighted by molar-refractivity contribution is -0.127. The summed E-state index contributed by atoms with van der Waals surface area (Å²) in [5.41, 5.74) is 0.624. The highest BCUT2D eigenvalue weighted by molar-refractivity contribution is 7.17. The van der Waals surface area contributed by atoms with Gasteiger partial charge in [0.1, 0.15) is 15.9 Å². The number of amides is 4. The van der Waals surface area contributed by atoms with Crippen molar-refractivity contribution < 1.29 is 28.0 Å². The molecule has 2 aliphatic rings. The molecule has 0 bridgehead atoms. The molecule has 208 valence electrons. The van der Waals surface area contributed by atoms with E-state index in [0.29, 0.717) is 40.0 Å². The van der Waals surface area contributed by atoms with Crippen molar-refractivity contribution in [2.45, 2.75) is 25.8 Å². The van der Waals surface area contributed by atoms with E-state index in [9.17, 15) is 19.2 Å². The van der Waals surface area contributed by atoms with Crippen molar-refractivity contribution in [2.75, 3.05) is 37.8 Å². The summed E-state index contributed by atoms with van der Waals surface area (Å²) in [6.45, 7) is -0.370. The van der Waals surface area contributed by atoms with E-state index in [1.165, 1.54) is 24.3 Å². The number of nitrogens with one attached hydrogen (secondary N) is 4. The third-order valence-corrected chi connectivity index (χ3v) is 7.54. The second-order valence-electron chi connectivity index (χ2n) is 9.22. The SMILES string of the molecule is [2H]C([2H])([2H])NC(=O)c1nnc(NC(=O)C2CC2)cc1Nc1cccc(-c2ncc(C(=O)N3CCNC(=O)C3C)s2)c1OC. The van der Waals surface area contributed by atoms with Gasteiger partial charge in [-0.25, -0.2) is 4.98 Å². The monoisotopic (exact) mass is 567 g/mol. The molecule has 1 aliphatic heterocycles. The molecule has 13 nitrogen and oxygen atoms in total. The lowest BCUT2D eigenvalue weighted by atomic mass is 10.1. The van der Waals surface area contributed by atoms with Gasteiger partial charge in [-0.3, -0.25) is 19.2 Å². The molecule has 1 aromatic carbocycles. The molecule has 1 unspecified atom stereocenters. The van der Waals surface area contributed by atoms with Crippen LogP contribution in [0.15, 0.2) is 30.5 Å². The number of nitrogens with zero attached hydrogens (tertiary/aromatic N) is 4. The van der Waals surface area contributed by atoms with E-state index < -0.39 is 18.9 Å². The highest BCUT2D eigenvalue weighted by Crippen LogP contribution is 2.40. The summed E-state index contributed by atoms with van der Waals surface area (Å²) in [5.74, 6) is -1.50. The van der Waals surface area contributed by atoms with Crippen molar-refractivity contribution in [3.8, 4) is 16.3 Å². The maximum atomic E-state index is 13.2. The Morgan fingerprint density at radius 3 is 2.80 bits per heavy atom. The van der Waals surface area contributed by atoms with Crippen LogP contribution in [0.2, 0.25) is 0 Å². The fourth-order valence-electron chi connectivity index (χ4n) is 4.22. The third kappa shape index (κ3) is 5.43. The Bertz CT molecular complexity index is 1590. The summed E-state index contributed by atoms with van der Waals surface area (Å²) < 4.78 is 27.9. The van der Waals surface area contributed by atoms with Gasteiger partial charge in [-0.1, -0.05) is 6.07 Å². The quantitative estimate of drug-likeness (QED) is 0.318. The molecule has 1 atom stereocenters. The molecule has 1 saturated carbocycles. The number of rotatable bonds is 8. The number of piperazine rings is 1. The first-order valence-corrected chi connectivity index (χ1v) is 13.3. The summed E-state index contributed by atoms with van der Waals surface area (Å²) >= 11 is 1.13. The summed E-state index contributed by atoms with van der Waals surface area (Å²) in [7, 11) is 1.44. The highest BCUT2D eigenvalue weighted by atomic mass is 32.1. The van der Waals surface area contributed by atoms with Crippen LogP contribution in [-0.4, -0.2) is 76.9 Å². The van der Waals surface area contributed by atoms with Crippen LogP contribution >= 0.6 is 11.3 Å². The smallest absolute Gasteiger partial charge is 0.273 e. The fraction of sp³-hybridized carbons (Fsp3) is 0.346. The lowest BCUT2D eigenvalue weighted by Crippen LogP contribution is -2.55. The van der Waals surface area contributed by atoms with Crippen molar-refractivity contribution in [1.29, 1.82) is 0 Å². The van der Waals surface area contributed by atoms with Crippen molar-refractivity contribution in [1.82, 2.24) is 30.7 Å². The minimum absolute atomic E-state index is 0.0608. The van der Waals surface area contributed by atoms with E-state index in [1.807, 2.05) is 5.32 Å². The second kappa shape index (κ2) is 11.3. The maximum Gasteiger partial charge on any atom is 0.273 e. The Morgan fingerprint density at radius 2 is 2.05 bits per heavy atom. The lowest BCUT2D eigenvalue weighted by Gasteiger charge is -2.32. The van der Waals surface area contributed by atoms with Gasteiger partial charge in [-0.2, -0.15) is 0 Å². The van der Waals surface area contributed by atoms with Gasteiger partial charge < -0.3 is 30.9 Å². The first kappa shape index (κ1) is 23.3. The van der Waals surface area contributed by atoms with Gasteiger partial charge in [0.15, 0.2) is 17.3 Å². The summed E-state index contributed by atoms with van der Waals surface area (Å²) in [6.07, 6.45) is 2.98. The molecule has 40 heavy (non-hydrogen) atoms. The Hall–Kier alpha value is -4.59. The zero-order valence-electron chi connectivity index (χ0n) is 24.6. The highest BCUT2D eigenvalue weighted by Gasteiger charge is 2.32. The standard InChI is InChI=1S/C26H28N8O5S/c1-13-22(35)28-9-10-34(13)26(38)18-12-29-25(40-18)15-5-4-6-16(21(15)39-3)30-17-11-19(31-23(36)14-7-8-14)32-33-20(17)24(37)27-2/h4-6,11-14H,7-10H2,1-3H3,(H,27,37)(H,28,35)(H2,30,31,32,36)/i2D3. The molecule has 0 radical (unpaired) electrons. The van der Waals surface area contributed by atoms with Crippen LogP contribution in [0.5, 0.6) is 5.75 Å². The van der Waals surface area contributed by atoms with Crippen LogP contribution in [0.4, 0.5) is 17.2 Å². The van der Waals surface area contributed by atoms with E-state index in [2.05, 4.69) is 31.1 Å². The van der Waals surface area contributed by atoms with E-state index >= 15 is 0 Å². The minimum atomic E-state index is -2.78. The Morgan fingerprint density at radius 1 is 1.23 bits per heavy atom. The molecular weight excluding hydrogens is 536 g/mol. The molecule has 2 aromatic heterocycles. The first-order valence-electron chi connectivity index (χ1n) is 13.9. The number of carbonyl (C=O) groups excluding carboxylic acids is 4. The van der Waals surface area contributed by atoms with Crippen LogP contribution in [0.25, 0.3) is 10.6 Å². The zero-order valence-corrected chi connectivity index (χ0v) is 22.4. The van der Waals surface area contributed by atoms with Gasteiger partial charge >= 0.3 is 0 Å². The molecular formula is C26H28N8O5S. The van der Waals surface area contributed by atoms with Crippen molar-refractivity contribution in [3.63, 3.8) is 0 Å². The number of hydrogen-bond acceptors (Lipinski definition) is 10. The topological polar surface area (TPSA) is 168 Å². The molecule has 3 heterocycles. The van der Waals surface area contributed by atoms with Crippen molar-refractivity contribution in [2.24, 2.45) is 5.92 Å². The largest absolute Gasteiger partial charge is 0.494 e. The average Bonchev–Trinajstić information content (AvgIpc) is 3.70. The van der Waals surface area contributed by atoms with Crippen LogP contribution in [0.3, 0.4) is 0 Å². The summed E-state index contributed by atoms with van der Waals surface area (Å²) in [6, 6.07) is 5.86. The Balaban J connectivity index is 1.46. The van der Waals surface area contributed by atoms with Gasteiger partial charge in [0.25, 0.3) is 11.8 Å². The first-order chi connectivity index (χ1) is 20.4. The predicted octanol–water partition coefficient (Wildman–Crippen LogP) is 2.02. The van der Waals surface area contributed by atoms with Crippen LogP contribution in [-0.2, 0) is 9.59 Å². The number of anilines is 3. The molecule has 0 spiro atoms. The molecule has 4 N–H and O–H groups in total. The van der Waals surface area contributed by atoms with Gasteiger partial charge in [0.05, 0.1) is 30.2 Å². The van der Waals surface area contributed by atoms with Gasteiger partial charge in [0, 0.05) is 36.2 Å². The third-order valence-electron chi connectivity index (χ3n) is 6.52. The van der Waals surface area contributed by atoms with Crippen LogP contribution in [0.1, 0.15) is 44.0 Å². The van der Waals surface area contributed by atoms with E-state index in [0.717, 1.165) is 24.2 Å². The summed E-state index contributed by atoms with van der Waals surface area (Å²) in [5, 5.41) is 18.6. The molecule has 2 fully saturated rings. The Labute approximate surface area is 237 Å². The number of thiazole rings is 1. The molecule has 5 rings (SSSR count). The van der Waals surface area contributed by atoms with Gasteiger partial charge in [-0.15, -0.1) is 21.5 Å². The molecule has 4 amide bonds.